The highest BCUT2D eigenvalue weighted by Crippen LogP contribution is 2.31. The summed E-state index contributed by atoms with van der Waals surface area (Å²) in [6.07, 6.45) is 3.53. The minimum Gasteiger partial charge on any atom is -0.439 e. The van der Waals surface area contributed by atoms with Crippen molar-refractivity contribution in [1.29, 1.82) is 0 Å². The summed E-state index contributed by atoms with van der Waals surface area (Å²) < 4.78 is 11.1. The normalized spacial score (nSPS) is 11.0. The Labute approximate surface area is 159 Å². The van der Waals surface area contributed by atoms with Crippen molar-refractivity contribution in [2.75, 3.05) is 5.73 Å². The first-order chi connectivity index (χ1) is 13.8. The molecule has 28 heavy (non-hydrogen) atoms. The standard InChI is InChI=1S/C20H14N6O2/c21-20-26-25-19(28-20)12-6-7-16-14(10-12)15(11-23-16)18-22-9-8-17(24-18)27-13-4-2-1-3-5-13/h1-11,23H,(H2,21,26). The number of nitrogens with zero attached hydrogens (tertiary/aromatic N) is 4. The second kappa shape index (κ2) is 6.51. The number of nitrogens with one attached hydrogen (secondary N) is 1. The van der Waals surface area contributed by atoms with E-state index in [2.05, 4.69) is 25.1 Å². The lowest BCUT2D eigenvalue weighted by Crippen LogP contribution is -1.92. The fraction of sp³-hybridized carbons (Fsp3) is 0. The third kappa shape index (κ3) is 2.92. The molecule has 2 aromatic carbocycles. The van der Waals surface area contributed by atoms with E-state index in [1.807, 2.05) is 54.7 Å². The minimum atomic E-state index is 0.0264. The molecule has 0 unspecified atom stereocenters. The number of para-hydroxylation sites is 1. The first-order valence-electron chi connectivity index (χ1n) is 8.53. The molecule has 3 N–H and O–H groups in total. The van der Waals surface area contributed by atoms with Gasteiger partial charge >= 0.3 is 6.01 Å². The molecule has 136 valence electrons. The smallest absolute Gasteiger partial charge is 0.313 e. The van der Waals surface area contributed by atoms with Crippen LogP contribution in [0.4, 0.5) is 6.01 Å². The number of fused-ring (bicyclic) bond motifs is 1. The molecule has 0 bridgehead atoms. The average Bonchev–Trinajstić information content (AvgIpc) is 3.35. The highest BCUT2D eigenvalue weighted by atomic mass is 16.5. The van der Waals surface area contributed by atoms with E-state index in [1.54, 1.807) is 12.3 Å². The van der Waals surface area contributed by atoms with E-state index < -0.39 is 0 Å². The molecule has 5 aromatic rings. The number of H-pyrrole nitrogens is 1. The summed E-state index contributed by atoms with van der Waals surface area (Å²) in [7, 11) is 0. The molecule has 3 heterocycles. The van der Waals surface area contributed by atoms with Crippen LogP contribution in [-0.4, -0.2) is 25.1 Å². The molecule has 0 aliphatic heterocycles. The molecule has 0 radical (unpaired) electrons. The van der Waals surface area contributed by atoms with Crippen LogP contribution in [0.25, 0.3) is 33.7 Å². The number of hydrogen-bond acceptors (Lipinski definition) is 7. The van der Waals surface area contributed by atoms with Gasteiger partial charge in [-0.2, -0.15) is 4.98 Å². The van der Waals surface area contributed by atoms with Gasteiger partial charge in [0.2, 0.25) is 11.8 Å². The predicted molar refractivity (Wildman–Crippen MR) is 104 cm³/mol. The van der Waals surface area contributed by atoms with E-state index >= 15 is 0 Å². The Balaban J connectivity index is 1.55. The number of aromatic amines is 1. The topological polar surface area (TPSA) is 116 Å². The molecule has 0 amide bonds. The molecule has 0 saturated carbocycles. The van der Waals surface area contributed by atoms with Gasteiger partial charge in [0.1, 0.15) is 5.75 Å². The van der Waals surface area contributed by atoms with Gasteiger partial charge in [0.05, 0.1) is 0 Å². The van der Waals surface area contributed by atoms with Gasteiger partial charge in [-0.1, -0.05) is 23.3 Å². The molecule has 8 heteroatoms. The lowest BCUT2D eigenvalue weighted by molar-refractivity contribution is 0.462. The van der Waals surface area contributed by atoms with Crippen molar-refractivity contribution in [3.05, 3.63) is 67.0 Å². The van der Waals surface area contributed by atoms with Crippen LogP contribution in [0.1, 0.15) is 0 Å². The van der Waals surface area contributed by atoms with Gasteiger partial charge in [-0.15, -0.1) is 5.10 Å². The van der Waals surface area contributed by atoms with E-state index in [0.717, 1.165) is 22.0 Å². The van der Waals surface area contributed by atoms with Gasteiger partial charge in [-0.3, -0.25) is 0 Å². The largest absolute Gasteiger partial charge is 0.439 e. The summed E-state index contributed by atoms with van der Waals surface area (Å²) in [5.74, 6) is 2.07. The Kier molecular flexibility index (Phi) is 3.72. The van der Waals surface area contributed by atoms with Gasteiger partial charge in [0.25, 0.3) is 0 Å². The van der Waals surface area contributed by atoms with Gasteiger partial charge in [0.15, 0.2) is 5.82 Å². The van der Waals surface area contributed by atoms with Crippen LogP contribution in [0.5, 0.6) is 11.6 Å². The SMILES string of the molecule is Nc1nnc(-c2ccc3[nH]cc(-c4nccc(Oc5ccccc5)n4)c3c2)o1. The van der Waals surface area contributed by atoms with Crippen molar-refractivity contribution in [2.45, 2.75) is 0 Å². The van der Waals surface area contributed by atoms with E-state index in [4.69, 9.17) is 14.9 Å². The summed E-state index contributed by atoms with van der Waals surface area (Å²) in [5, 5.41) is 8.56. The van der Waals surface area contributed by atoms with Crippen molar-refractivity contribution < 1.29 is 9.15 Å². The molecule has 0 spiro atoms. The molecule has 0 fully saturated rings. The quantitative estimate of drug-likeness (QED) is 0.490. The summed E-state index contributed by atoms with van der Waals surface area (Å²) in [6, 6.07) is 17.0. The molecule has 0 aliphatic rings. The maximum atomic E-state index is 5.82. The predicted octanol–water partition coefficient (Wildman–Crippen LogP) is 4.05. The van der Waals surface area contributed by atoms with Crippen molar-refractivity contribution >= 4 is 16.9 Å². The third-order valence-electron chi connectivity index (χ3n) is 4.21. The molecule has 0 atom stereocenters. The zero-order valence-electron chi connectivity index (χ0n) is 14.5. The number of aromatic nitrogens is 5. The Hall–Kier alpha value is -4.20. The van der Waals surface area contributed by atoms with Gasteiger partial charge in [-0.05, 0) is 30.3 Å². The lowest BCUT2D eigenvalue weighted by Gasteiger charge is -2.05. The molecular formula is C20H14N6O2. The second-order valence-electron chi connectivity index (χ2n) is 6.04. The highest BCUT2D eigenvalue weighted by Gasteiger charge is 2.13. The first kappa shape index (κ1) is 16.0. The number of benzene rings is 2. The minimum absolute atomic E-state index is 0.0264. The van der Waals surface area contributed by atoms with E-state index in [1.165, 1.54) is 0 Å². The van der Waals surface area contributed by atoms with E-state index in [-0.39, 0.29) is 6.01 Å². The zero-order chi connectivity index (χ0) is 18.9. The fourth-order valence-electron chi connectivity index (χ4n) is 2.93. The lowest BCUT2D eigenvalue weighted by atomic mass is 10.1. The molecule has 0 saturated heterocycles. The monoisotopic (exact) mass is 370 g/mol. The number of rotatable bonds is 4. The Morgan fingerprint density at radius 2 is 1.89 bits per heavy atom. The van der Waals surface area contributed by atoms with Crippen molar-refractivity contribution in [3.8, 4) is 34.5 Å². The van der Waals surface area contributed by atoms with Crippen molar-refractivity contribution in [3.63, 3.8) is 0 Å². The summed E-state index contributed by atoms with van der Waals surface area (Å²) in [5.41, 5.74) is 8.06. The van der Waals surface area contributed by atoms with Crippen LogP contribution in [-0.2, 0) is 0 Å². The Morgan fingerprint density at radius 1 is 1.00 bits per heavy atom. The average molecular weight is 370 g/mol. The van der Waals surface area contributed by atoms with Crippen LogP contribution in [0.3, 0.4) is 0 Å². The number of nitrogen functional groups attached to an aromatic ring is 1. The van der Waals surface area contributed by atoms with E-state index in [9.17, 15) is 0 Å². The Morgan fingerprint density at radius 3 is 2.71 bits per heavy atom. The molecular weight excluding hydrogens is 356 g/mol. The summed E-state index contributed by atoms with van der Waals surface area (Å²) >= 11 is 0. The maximum absolute atomic E-state index is 5.82. The van der Waals surface area contributed by atoms with Crippen LogP contribution in [0.2, 0.25) is 0 Å². The number of hydrogen-bond donors (Lipinski definition) is 2. The number of nitrogens with two attached hydrogens (primary N) is 1. The molecule has 8 nitrogen and oxygen atoms in total. The van der Waals surface area contributed by atoms with Crippen LogP contribution in [0.15, 0.2) is 71.4 Å². The van der Waals surface area contributed by atoms with Crippen LogP contribution in [0, 0.1) is 0 Å². The van der Waals surface area contributed by atoms with Crippen molar-refractivity contribution in [2.24, 2.45) is 0 Å². The third-order valence-corrected chi connectivity index (χ3v) is 4.21. The van der Waals surface area contributed by atoms with Crippen LogP contribution >= 0.6 is 0 Å². The summed E-state index contributed by atoms with van der Waals surface area (Å²) in [4.78, 5) is 12.2. The fourth-order valence-corrected chi connectivity index (χ4v) is 2.93. The van der Waals surface area contributed by atoms with Crippen LogP contribution < -0.4 is 10.5 Å². The van der Waals surface area contributed by atoms with Gasteiger partial charge in [-0.25, -0.2) is 4.98 Å². The van der Waals surface area contributed by atoms with E-state index in [0.29, 0.717) is 23.3 Å². The molecule has 0 aliphatic carbocycles. The molecule has 3 aromatic heterocycles. The second-order valence-corrected chi connectivity index (χ2v) is 6.04. The Bertz CT molecular complexity index is 1260. The highest BCUT2D eigenvalue weighted by molar-refractivity contribution is 5.96. The summed E-state index contributed by atoms with van der Waals surface area (Å²) in [6.45, 7) is 0. The van der Waals surface area contributed by atoms with Gasteiger partial charge < -0.3 is 19.9 Å². The maximum Gasteiger partial charge on any atom is 0.313 e. The van der Waals surface area contributed by atoms with Crippen molar-refractivity contribution in [1.82, 2.24) is 25.1 Å². The van der Waals surface area contributed by atoms with Gasteiger partial charge in [0, 0.05) is 40.5 Å². The number of ether oxygens (including phenoxy) is 1. The molecule has 5 rings (SSSR count). The first-order valence-corrected chi connectivity index (χ1v) is 8.53. The number of anilines is 1. The zero-order valence-corrected chi connectivity index (χ0v) is 14.5.